The summed E-state index contributed by atoms with van der Waals surface area (Å²) in [6.07, 6.45) is 1.28. The Balaban J connectivity index is 2.01. The normalized spacial score (nSPS) is 23.1. The predicted molar refractivity (Wildman–Crippen MR) is 71.5 cm³/mol. The van der Waals surface area contributed by atoms with Gasteiger partial charge >= 0.3 is 0 Å². The molecule has 1 fully saturated rings. The Morgan fingerprint density at radius 1 is 1.44 bits per heavy atom. The van der Waals surface area contributed by atoms with Crippen LogP contribution in [0.15, 0.2) is 18.2 Å². The molecule has 18 heavy (non-hydrogen) atoms. The number of nitrogens with one attached hydrogen (secondary N) is 1. The average Bonchev–Trinajstić information content (AvgIpc) is 2.82. The van der Waals surface area contributed by atoms with Gasteiger partial charge in [0.25, 0.3) is 5.91 Å². The molecule has 3 N–H and O–H groups in total. The number of hydrogen-bond donors (Lipinski definition) is 2. The molecule has 2 unspecified atom stereocenters. The Morgan fingerprint density at radius 2 is 2.22 bits per heavy atom. The monoisotopic (exact) mass is 248 g/mol. The van der Waals surface area contributed by atoms with Gasteiger partial charge in [0.15, 0.2) is 0 Å². The number of hydrogen-bond acceptors (Lipinski definition) is 3. The summed E-state index contributed by atoms with van der Waals surface area (Å²) in [4.78, 5) is 12.1. The molecule has 1 aliphatic heterocycles. The van der Waals surface area contributed by atoms with Gasteiger partial charge in [-0.2, -0.15) is 0 Å². The van der Waals surface area contributed by atoms with E-state index in [1.165, 1.54) is 0 Å². The summed E-state index contributed by atoms with van der Waals surface area (Å²) in [7, 11) is 0. The first-order valence-electron chi connectivity index (χ1n) is 6.34. The van der Waals surface area contributed by atoms with Gasteiger partial charge in [-0.25, -0.2) is 0 Å². The highest BCUT2D eigenvalue weighted by Gasteiger charge is 2.29. The van der Waals surface area contributed by atoms with Crippen molar-refractivity contribution in [3.63, 3.8) is 0 Å². The fraction of sp³-hybridized carbons (Fsp3) is 0.500. The third-order valence-corrected chi connectivity index (χ3v) is 3.31. The van der Waals surface area contributed by atoms with Crippen LogP contribution in [0.5, 0.6) is 0 Å². The van der Waals surface area contributed by atoms with Crippen LogP contribution < -0.4 is 11.1 Å². The van der Waals surface area contributed by atoms with Crippen molar-refractivity contribution in [2.75, 3.05) is 11.9 Å². The van der Waals surface area contributed by atoms with Gasteiger partial charge in [0.2, 0.25) is 0 Å². The van der Waals surface area contributed by atoms with Crippen molar-refractivity contribution >= 4 is 11.6 Å². The van der Waals surface area contributed by atoms with Crippen LogP contribution in [0.3, 0.4) is 0 Å². The molecule has 0 spiro atoms. The molecule has 1 aromatic rings. The SMILES string of the molecule is Cc1ccc(C)c(NC(=O)C2CCC(CN)O2)c1. The number of benzene rings is 1. The van der Waals surface area contributed by atoms with Crippen molar-refractivity contribution in [3.8, 4) is 0 Å². The highest BCUT2D eigenvalue weighted by atomic mass is 16.5. The Labute approximate surface area is 108 Å². The second kappa shape index (κ2) is 5.50. The first-order valence-corrected chi connectivity index (χ1v) is 6.34. The maximum absolute atomic E-state index is 12.1. The van der Waals surface area contributed by atoms with Crippen LogP contribution in [0.4, 0.5) is 5.69 Å². The zero-order chi connectivity index (χ0) is 13.1. The third kappa shape index (κ3) is 2.89. The van der Waals surface area contributed by atoms with E-state index in [0.29, 0.717) is 6.54 Å². The van der Waals surface area contributed by atoms with Crippen LogP contribution in [0.2, 0.25) is 0 Å². The molecule has 4 nitrogen and oxygen atoms in total. The van der Waals surface area contributed by atoms with Crippen molar-refractivity contribution in [3.05, 3.63) is 29.3 Å². The van der Waals surface area contributed by atoms with Crippen LogP contribution in [0.25, 0.3) is 0 Å². The number of carbonyl (C=O) groups excluding carboxylic acids is 1. The standard InChI is InChI=1S/C14H20N2O2/c1-9-3-4-10(2)12(7-9)16-14(17)13-6-5-11(8-15)18-13/h3-4,7,11,13H,5-6,8,15H2,1-2H3,(H,16,17). The van der Waals surface area contributed by atoms with Gasteiger partial charge in [0, 0.05) is 12.2 Å². The van der Waals surface area contributed by atoms with Crippen LogP contribution in [-0.4, -0.2) is 24.7 Å². The van der Waals surface area contributed by atoms with E-state index >= 15 is 0 Å². The van der Waals surface area contributed by atoms with Crippen LogP contribution >= 0.6 is 0 Å². The lowest BCUT2D eigenvalue weighted by atomic mass is 10.1. The van der Waals surface area contributed by atoms with E-state index in [1.54, 1.807) is 0 Å². The minimum Gasteiger partial charge on any atom is -0.364 e. The number of anilines is 1. The molecule has 0 bridgehead atoms. The molecule has 1 saturated heterocycles. The van der Waals surface area contributed by atoms with Crippen molar-refractivity contribution < 1.29 is 9.53 Å². The summed E-state index contributed by atoms with van der Waals surface area (Å²) in [6, 6.07) is 6.01. The average molecular weight is 248 g/mol. The van der Waals surface area contributed by atoms with Crippen molar-refractivity contribution in [1.29, 1.82) is 0 Å². The van der Waals surface area contributed by atoms with Crippen molar-refractivity contribution in [1.82, 2.24) is 0 Å². The highest BCUT2D eigenvalue weighted by Crippen LogP contribution is 2.22. The zero-order valence-corrected chi connectivity index (χ0v) is 10.9. The number of ether oxygens (including phenoxy) is 1. The molecule has 0 saturated carbocycles. The lowest BCUT2D eigenvalue weighted by Crippen LogP contribution is -2.30. The summed E-state index contributed by atoms with van der Waals surface area (Å²) in [6.45, 7) is 4.46. The Bertz CT molecular complexity index is 445. The van der Waals surface area contributed by atoms with Crippen LogP contribution in [0, 0.1) is 13.8 Å². The van der Waals surface area contributed by atoms with Crippen molar-refractivity contribution in [2.45, 2.75) is 38.9 Å². The van der Waals surface area contributed by atoms with Crippen LogP contribution in [-0.2, 0) is 9.53 Å². The maximum Gasteiger partial charge on any atom is 0.253 e. The Hall–Kier alpha value is -1.39. The van der Waals surface area contributed by atoms with Gasteiger partial charge in [-0.3, -0.25) is 4.79 Å². The molecule has 1 amide bonds. The molecule has 2 atom stereocenters. The highest BCUT2D eigenvalue weighted by molar-refractivity contribution is 5.95. The maximum atomic E-state index is 12.1. The van der Waals surface area contributed by atoms with Crippen LogP contribution in [0.1, 0.15) is 24.0 Å². The zero-order valence-electron chi connectivity index (χ0n) is 10.9. The van der Waals surface area contributed by atoms with Crippen molar-refractivity contribution in [2.24, 2.45) is 5.73 Å². The fourth-order valence-corrected chi connectivity index (χ4v) is 2.16. The minimum absolute atomic E-state index is 0.0272. The summed E-state index contributed by atoms with van der Waals surface area (Å²) in [5, 5.41) is 2.93. The smallest absolute Gasteiger partial charge is 0.253 e. The van der Waals surface area contributed by atoms with Gasteiger partial charge in [-0.1, -0.05) is 12.1 Å². The molecule has 1 heterocycles. The Kier molecular flexibility index (Phi) is 3.99. The van der Waals surface area contributed by atoms with Gasteiger partial charge in [-0.15, -0.1) is 0 Å². The molecule has 0 aromatic heterocycles. The molecular formula is C14H20N2O2. The first-order chi connectivity index (χ1) is 8.60. The fourth-order valence-electron chi connectivity index (χ4n) is 2.16. The summed E-state index contributed by atoms with van der Waals surface area (Å²) < 4.78 is 5.58. The lowest BCUT2D eigenvalue weighted by molar-refractivity contribution is -0.126. The summed E-state index contributed by atoms with van der Waals surface area (Å²) >= 11 is 0. The topological polar surface area (TPSA) is 64.4 Å². The summed E-state index contributed by atoms with van der Waals surface area (Å²) in [5.74, 6) is -0.0698. The van der Waals surface area contributed by atoms with Gasteiger partial charge in [0.1, 0.15) is 6.10 Å². The molecule has 98 valence electrons. The quantitative estimate of drug-likeness (QED) is 0.856. The number of rotatable bonds is 3. The van der Waals surface area contributed by atoms with E-state index in [2.05, 4.69) is 5.32 Å². The largest absolute Gasteiger partial charge is 0.364 e. The molecule has 1 aliphatic rings. The molecule has 2 rings (SSSR count). The number of nitrogens with two attached hydrogens (primary N) is 1. The van der Waals surface area contributed by atoms with E-state index in [9.17, 15) is 4.79 Å². The van der Waals surface area contributed by atoms with Gasteiger partial charge in [-0.05, 0) is 43.9 Å². The number of aryl methyl sites for hydroxylation is 2. The van der Waals surface area contributed by atoms with E-state index in [1.807, 2.05) is 32.0 Å². The van der Waals surface area contributed by atoms with Gasteiger partial charge < -0.3 is 15.8 Å². The van der Waals surface area contributed by atoms with E-state index in [4.69, 9.17) is 10.5 Å². The second-order valence-electron chi connectivity index (χ2n) is 4.87. The third-order valence-electron chi connectivity index (χ3n) is 3.31. The molecule has 0 radical (unpaired) electrons. The minimum atomic E-state index is -0.363. The van der Waals surface area contributed by atoms with E-state index in [0.717, 1.165) is 29.7 Å². The molecule has 4 heteroatoms. The lowest BCUT2D eigenvalue weighted by Gasteiger charge is -2.14. The first kappa shape index (κ1) is 13.1. The molecular weight excluding hydrogens is 228 g/mol. The molecule has 1 aromatic carbocycles. The number of carbonyl (C=O) groups is 1. The van der Waals surface area contributed by atoms with Gasteiger partial charge in [0.05, 0.1) is 6.10 Å². The Morgan fingerprint density at radius 3 is 2.89 bits per heavy atom. The number of amides is 1. The predicted octanol–water partition coefficient (Wildman–Crippen LogP) is 1.75. The van der Waals surface area contributed by atoms with E-state index < -0.39 is 0 Å². The summed E-state index contributed by atoms with van der Waals surface area (Å²) in [5.41, 5.74) is 8.58. The molecule has 0 aliphatic carbocycles. The van der Waals surface area contributed by atoms with E-state index in [-0.39, 0.29) is 18.1 Å². The second-order valence-corrected chi connectivity index (χ2v) is 4.87.